The van der Waals surface area contributed by atoms with Crippen LogP contribution in [0.25, 0.3) is 0 Å². The molecule has 5 aliphatic rings. The van der Waals surface area contributed by atoms with Gasteiger partial charge in [0.15, 0.2) is 5.78 Å². The average molecular weight is 515 g/mol. The molecule has 0 radical (unpaired) electrons. The number of allylic oxidation sites excluding steroid dienone is 1. The van der Waals surface area contributed by atoms with Crippen molar-refractivity contribution in [3.05, 3.63) is 11.6 Å². The number of aliphatic carboxylic acids is 1. The van der Waals surface area contributed by atoms with Crippen molar-refractivity contribution in [1.82, 2.24) is 0 Å². The molecule has 0 aromatic heterocycles. The number of carbonyl (C=O) groups excluding carboxylic acids is 3. The average Bonchev–Trinajstić information content (AvgIpc) is 3.49. The van der Waals surface area contributed by atoms with Gasteiger partial charge in [-0.05, 0) is 66.4 Å². The number of aliphatic hydroxyl groups is 1. The molecule has 0 aromatic rings. The smallest absolute Gasteiger partial charge is 0.306 e. The number of rotatable bonds is 6. The third-order valence-corrected chi connectivity index (χ3v) is 12.1. The van der Waals surface area contributed by atoms with Gasteiger partial charge in [0.1, 0.15) is 17.2 Å². The predicted molar refractivity (Wildman–Crippen MR) is 135 cm³/mol. The molecule has 3 saturated carbocycles. The number of fused-ring (bicyclic) bond motifs is 3. The Morgan fingerprint density at radius 1 is 1.11 bits per heavy atom. The van der Waals surface area contributed by atoms with Crippen molar-refractivity contribution >= 4 is 23.3 Å². The van der Waals surface area contributed by atoms with Gasteiger partial charge in [0.05, 0.1) is 23.5 Å². The molecule has 0 bridgehead atoms. The molecule has 37 heavy (non-hydrogen) atoms. The fraction of sp³-hybridized carbons (Fsp3) is 0.800. The van der Waals surface area contributed by atoms with Crippen molar-refractivity contribution in [2.45, 2.75) is 105 Å². The maximum Gasteiger partial charge on any atom is 0.306 e. The van der Waals surface area contributed by atoms with Crippen LogP contribution in [0.4, 0.5) is 0 Å². The second kappa shape index (κ2) is 7.84. The maximum absolute atomic E-state index is 14.2. The molecule has 0 aromatic carbocycles. The van der Waals surface area contributed by atoms with Crippen molar-refractivity contribution in [2.24, 2.45) is 45.3 Å². The lowest BCUT2D eigenvalue weighted by Gasteiger charge is -2.61. The summed E-state index contributed by atoms with van der Waals surface area (Å²) in [6, 6.07) is 0. The standard InChI is InChI=1S/C30H42O7/c1-15(10-17(31)11-16(2)25(35)36)18-12-23(34)29(7)28(18,6)22(33)13-20-27(5)9-8-21(32)26(3,4)19(27)14-24-30(20,29)37-24/h13,15-16,18-19,21,24,32H,8-12,14H2,1-7H3,(H,35,36)/t15?,16?,18-,19+,21+,24-,27+,28+,29-,30+/m1/s1. The lowest BCUT2D eigenvalue weighted by Crippen LogP contribution is -2.65. The minimum Gasteiger partial charge on any atom is -0.481 e. The Balaban J connectivity index is 1.53. The molecule has 0 amide bonds. The van der Waals surface area contributed by atoms with E-state index in [1.165, 1.54) is 6.92 Å². The molecule has 1 heterocycles. The Hall–Kier alpha value is -1.86. The lowest BCUT2D eigenvalue weighted by atomic mass is 9.40. The SMILES string of the molecule is CC(CC(=O)CC(C)[C@H]1CC(=O)[C@]2(C)[C@]1(C)C(=O)C=C1[C@@]3(C)CC[C@H](O)C(C)(C)[C@@H]3C[C@H]3O[C@@]132)C(=O)O. The van der Waals surface area contributed by atoms with Gasteiger partial charge in [-0.25, -0.2) is 0 Å². The zero-order valence-electron chi connectivity index (χ0n) is 23.2. The van der Waals surface area contributed by atoms with E-state index in [0.717, 1.165) is 18.4 Å². The zero-order chi connectivity index (χ0) is 27.5. The van der Waals surface area contributed by atoms with E-state index in [1.54, 1.807) is 6.08 Å². The van der Waals surface area contributed by atoms with E-state index in [9.17, 15) is 29.4 Å². The van der Waals surface area contributed by atoms with Crippen molar-refractivity contribution in [3.8, 4) is 0 Å². The monoisotopic (exact) mass is 514 g/mol. The van der Waals surface area contributed by atoms with Gasteiger partial charge in [-0.1, -0.05) is 41.5 Å². The number of epoxide rings is 1. The van der Waals surface area contributed by atoms with E-state index >= 15 is 0 Å². The van der Waals surface area contributed by atoms with E-state index in [2.05, 4.69) is 20.8 Å². The number of hydrogen-bond donors (Lipinski definition) is 2. The summed E-state index contributed by atoms with van der Waals surface area (Å²) in [6.45, 7) is 13.7. The van der Waals surface area contributed by atoms with Crippen molar-refractivity contribution in [3.63, 3.8) is 0 Å². The van der Waals surface area contributed by atoms with Gasteiger partial charge in [0.25, 0.3) is 0 Å². The Kier molecular flexibility index (Phi) is 5.67. The van der Waals surface area contributed by atoms with Crippen LogP contribution < -0.4 is 0 Å². The van der Waals surface area contributed by atoms with Crippen LogP contribution in [-0.2, 0) is 23.9 Å². The fourth-order valence-electron chi connectivity index (χ4n) is 9.54. The molecular weight excluding hydrogens is 472 g/mol. The second-order valence-corrected chi connectivity index (χ2v) is 14.1. The van der Waals surface area contributed by atoms with Crippen LogP contribution in [0, 0.1) is 45.3 Å². The number of hydrogen-bond acceptors (Lipinski definition) is 6. The van der Waals surface area contributed by atoms with Crippen LogP contribution in [-0.4, -0.2) is 51.3 Å². The van der Waals surface area contributed by atoms with Crippen molar-refractivity contribution < 1.29 is 34.1 Å². The third kappa shape index (κ3) is 3.07. The molecule has 1 aliphatic heterocycles. The summed E-state index contributed by atoms with van der Waals surface area (Å²) in [4.78, 5) is 52.1. The van der Waals surface area contributed by atoms with Crippen LogP contribution in [0.1, 0.15) is 87.0 Å². The number of Topliss-reactive ketones (excluding diaryl/α,β-unsaturated/α-hetero) is 2. The topological polar surface area (TPSA) is 121 Å². The number of aliphatic hydroxyl groups excluding tert-OH is 1. The van der Waals surface area contributed by atoms with Crippen molar-refractivity contribution in [2.75, 3.05) is 0 Å². The Morgan fingerprint density at radius 3 is 2.38 bits per heavy atom. The molecule has 5 rings (SSSR count). The summed E-state index contributed by atoms with van der Waals surface area (Å²) in [5, 5.41) is 20.0. The number of ether oxygens (including phenoxy) is 1. The van der Waals surface area contributed by atoms with Crippen LogP contribution in [0.15, 0.2) is 11.6 Å². The Labute approximate surface area is 219 Å². The quantitative estimate of drug-likeness (QED) is 0.511. The summed E-state index contributed by atoms with van der Waals surface area (Å²) in [5.41, 5.74) is -2.58. The summed E-state index contributed by atoms with van der Waals surface area (Å²) < 4.78 is 6.59. The third-order valence-electron chi connectivity index (χ3n) is 12.1. The van der Waals surface area contributed by atoms with Gasteiger partial charge in [-0.3, -0.25) is 19.2 Å². The fourth-order valence-corrected chi connectivity index (χ4v) is 9.54. The molecule has 10 atom stereocenters. The lowest BCUT2D eigenvalue weighted by molar-refractivity contribution is -0.151. The van der Waals surface area contributed by atoms with E-state index < -0.39 is 34.4 Å². The molecule has 1 saturated heterocycles. The molecule has 4 aliphatic carbocycles. The van der Waals surface area contributed by atoms with Gasteiger partial charge in [0.2, 0.25) is 0 Å². The molecule has 2 unspecified atom stereocenters. The molecule has 4 fully saturated rings. The molecule has 204 valence electrons. The van der Waals surface area contributed by atoms with Crippen LogP contribution in [0.5, 0.6) is 0 Å². The summed E-state index contributed by atoms with van der Waals surface area (Å²) >= 11 is 0. The zero-order valence-corrected chi connectivity index (χ0v) is 23.2. The number of ketones is 3. The van der Waals surface area contributed by atoms with Crippen LogP contribution >= 0.6 is 0 Å². The van der Waals surface area contributed by atoms with Gasteiger partial charge >= 0.3 is 5.97 Å². The second-order valence-electron chi connectivity index (χ2n) is 14.1. The normalized spacial score (nSPS) is 47.1. The van der Waals surface area contributed by atoms with Gasteiger partial charge in [-0.2, -0.15) is 0 Å². The molecule has 7 nitrogen and oxygen atoms in total. The number of carboxylic acids is 1. The van der Waals surface area contributed by atoms with E-state index in [0.29, 0.717) is 6.42 Å². The molecule has 1 spiro atoms. The largest absolute Gasteiger partial charge is 0.481 e. The van der Waals surface area contributed by atoms with E-state index in [1.807, 2.05) is 20.8 Å². The first-order valence-electron chi connectivity index (χ1n) is 13.9. The number of carbonyl (C=O) groups is 4. The van der Waals surface area contributed by atoms with Crippen LogP contribution in [0.3, 0.4) is 0 Å². The van der Waals surface area contributed by atoms with Crippen LogP contribution in [0.2, 0.25) is 0 Å². The highest BCUT2D eigenvalue weighted by Crippen LogP contribution is 2.79. The van der Waals surface area contributed by atoms with Crippen molar-refractivity contribution in [1.29, 1.82) is 0 Å². The molecule has 7 heteroatoms. The summed E-state index contributed by atoms with van der Waals surface area (Å²) in [5.74, 6) is -2.39. The van der Waals surface area contributed by atoms with E-state index in [-0.39, 0.29) is 71.3 Å². The first-order valence-corrected chi connectivity index (χ1v) is 13.9. The Bertz CT molecular complexity index is 1120. The minimum atomic E-state index is -1.03. The highest BCUT2D eigenvalue weighted by molar-refractivity contribution is 6.08. The number of carboxylic acid groups (broad SMARTS) is 1. The predicted octanol–water partition coefficient (Wildman–Crippen LogP) is 4.15. The van der Waals surface area contributed by atoms with Gasteiger partial charge in [-0.15, -0.1) is 0 Å². The van der Waals surface area contributed by atoms with E-state index in [4.69, 9.17) is 4.74 Å². The summed E-state index contributed by atoms with van der Waals surface area (Å²) in [7, 11) is 0. The molecule has 2 N–H and O–H groups in total. The Morgan fingerprint density at radius 2 is 1.76 bits per heavy atom. The maximum atomic E-state index is 14.2. The highest BCUT2D eigenvalue weighted by atomic mass is 16.6. The first kappa shape index (κ1) is 26.7. The highest BCUT2D eigenvalue weighted by Gasteiger charge is 2.86. The minimum absolute atomic E-state index is 0.0248. The van der Waals surface area contributed by atoms with Gasteiger partial charge in [0, 0.05) is 24.7 Å². The van der Waals surface area contributed by atoms with Gasteiger partial charge < -0.3 is 14.9 Å². The molecular formula is C30H42O7. The summed E-state index contributed by atoms with van der Waals surface area (Å²) in [6.07, 6.45) is 3.64. The first-order chi connectivity index (χ1) is 17.0.